The fourth-order valence-corrected chi connectivity index (χ4v) is 10.7. The third kappa shape index (κ3) is 2.88. The predicted molar refractivity (Wildman–Crippen MR) is 134 cm³/mol. The van der Waals surface area contributed by atoms with Gasteiger partial charge in [0.05, 0.1) is 18.1 Å². The molecule has 0 aromatic heterocycles. The molecule has 0 saturated heterocycles. The van der Waals surface area contributed by atoms with Crippen LogP contribution in [0.25, 0.3) is 0 Å². The Balaban J connectivity index is 1.60. The molecule has 0 bridgehead atoms. The summed E-state index contributed by atoms with van der Waals surface area (Å²) in [5, 5.41) is 31.8. The molecule has 0 unspecified atom stereocenters. The monoisotopic (exact) mass is 472 g/mol. The van der Waals surface area contributed by atoms with E-state index < -0.39 is 22.9 Å². The van der Waals surface area contributed by atoms with Gasteiger partial charge in [-0.25, -0.2) is 0 Å². The first-order valence-corrected chi connectivity index (χ1v) is 13.9. The van der Waals surface area contributed by atoms with Crippen molar-refractivity contribution < 1.29 is 20.1 Å². The molecule has 9 atom stereocenters. The number of carboxylic acid groups (broad SMARTS) is 1. The summed E-state index contributed by atoms with van der Waals surface area (Å²) in [5.41, 5.74) is 0.858. The Hall–Kier alpha value is -0.870. The lowest BCUT2D eigenvalue weighted by atomic mass is 9.33. The van der Waals surface area contributed by atoms with Gasteiger partial charge in [0.15, 0.2) is 0 Å². The summed E-state index contributed by atoms with van der Waals surface area (Å²) in [5.74, 6) is 0.395. The van der Waals surface area contributed by atoms with Gasteiger partial charge in [-0.3, -0.25) is 4.79 Å². The fraction of sp³-hybridized carbons (Fsp3) is 0.900. The minimum atomic E-state index is -0.588. The van der Waals surface area contributed by atoms with Crippen LogP contribution in [0, 0.1) is 50.2 Å². The number of hydrogen-bond donors (Lipinski definition) is 3. The van der Waals surface area contributed by atoms with Crippen molar-refractivity contribution in [3.05, 3.63) is 11.6 Å². The van der Waals surface area contributed by atoms with Crippen LogP contribution in [0.15, 0.2) is 11.6 Å². The summed E-state index contributed by atoms with van der Waals surface area (Å²) in [6.07, 6.45) is 11.6. The third-order valence-corrected chi connectivity index (χ3v) is 13.2. The van der Waals surface area contributed by atoms with Gasteiger partial charge in [-0.1, -0.05) is 53.2 Å². The summed E-state index contributed by atoms with van der Waals surface area (Å²) < 4.78 is 0. The summed E-state index contributed by atoms with van der Waals surface area (Å²) in [6, 6.07) is 0. The van der Waals surface area contributed by atoms with Crippen LogP contribution in [0.3, 0.4) is 0 Å². The predicted octanol–water partition coefficient (Wildman–Crippen LogP) is 6.21. The summed E-state index contributed by atoms with van der Waals surface area (Å²) in [6.45, 7) is 14.3. The summed E-state index contributed by atoms with van der Waals surface area (Å²) >= 11 is 0. The molecule has 5 aliphatic carbocycles. The van der Waals surface area contributed by atoms with Crippen molar-refractivity contribution in [2.75, 3.05) is 6.61 Å². The first kappa shape index (κ1) is 24.8. The molecule has 0 spiro atoms. The molecule has 192 valence electrons. The molecule has 4 saturated carbocycles. The smallest absolute Gasteiger partial charge is 0.310 e. The quantitative estimate of drug-likeness (QED) is 0.418. The molecule has 0 aromatic rings. The second-order valence-electron chi connectivity index (χ2n) is 14.9. The number of rotatable bonds is 2. The minimum Gasteiger partial charge on any atom is -0.481 e. The molecule has 4 fully saturated rings. The molecule has 4 nitrogen and oxygen atoms in total. The van der Waals surface area contributed by atoms with Crippen LogP contribution in [0.4, 0.5) is 0 Å². The zero-order valence-electron chi connectivity index (χ0n) is 22.4. The van der Waals surface area contributed by atoms with Gasteiger partial charge >= 0.3 is 5.97 Å². The number of carbonyl (C=O) groups is 1. The molecular weight excluding hydrogens is 424 g/mol. The lowest BCUT2D eigenvalue weighted by molar-refractivity contribution is -0.216. The maximum absolute atomic E-state index is 12.8. The normalized spacial score (nSPS) is 54.1. The zero-order chi connectivity index (χ0) is 24.9. The molecule has 0 aromatic carbocycles. The molecule has 0 aliphatic heterocycles. The van der Waals surface area contributed by atoms with Crippen LogP contribution in [-0.2, 0) is 4.79 Å². The van der Waals surface area contributed by atoms with E-state index in [-0.39, 0.29) is 34.2 Å². The zero-order valence-corrected chi connectivity index (χ0v) is 22.4. The van der Waals surface area contributed by atoms with Crippen LogP contribution in [0.1, 0.15) is 106 Å². The van der Waals surface area contributed by atoms with E-state index in [0.717, 1.165) is 64.2 Å². The molecule has 3 N–H and O–H groups in total. The standard InChI is InChI=1S/C30H48O4/c1-25(2)13-15-30(24(33)34)16-14-28(5)19(20(30)17-25)7-8-22-26(3)11-10-23(32)27(4,18-31)21(26)9-12-29(22,28)6/h7,20-23,31-32H,8-18H2,1-6H3,(H,33,34)/t20-,21-,22-,23-,26+,27-,28-,29-,30-/m1/s1. The molecular formula is C30H48O4. The Bertz CT molecular complexity index is 907. The fourth-order valence-electron chi connectivity index (χ4n) is 10.7. The Morgan fingerprint density at radius 1 is 0.941 bits per heavy atom. The summed E-state index contributed by atoms with van der Waals surface area (Å²) in [7, 11) is 0. The molecule has 0 amide bonds. The number of aliphatic hydroxyl groups is 2. The van der Waals surface area contributed by atoms with E-state index in [4.69, 9.17) is 0 Å². The van der Waals surface area contributed by atoms with Crippen molar-refractivity contribution in [1.29, 1.82) is 0 Å². The van der Waals surface area contributed by atoms with Gasteiger partial charge in [0.25, 0.3) is 0 Å². The lowest BCUT2D eigenvalue weighted by Gasteiger charge is -2.71. The lowest BCUT2D eigenvalue weighted by Crippen LogP contribution is -2.65. The van der Waals surface area contributed by atoms with E-state index in [1.807, 2.05) is 0 Å². The number of fused-ring (bicyclic) bond motifs is 7. The van der Waals surface area contributed by atoms with Gasteiger partial charge in [0, 0.05) is 5.41 Å². The highest BCUT2D eigenvalue weighted by Crippen LogP contribution is 2.75. The Kier molecular flexibility index (Phi) is 5.36. The highest BCUT2D eigenvalue weighted by Gasteiger charge is 2.69. The number of allylic oxidation sites excluding steroid dienone is 2. The average Bonchev–Trinajstić information content (AvgIpc) is 2.76. The van der Waals surface area contributed by atoms with Crippen LogP contribution >= 0.6 is 0 Å². The first-order chi connectivity index (χ1) is 15.7. The highest BCUT2D eigenvalue weighted by molar-refractivity contribution is 5.76. The Labute approximate surface area is 206 Å². The van der Waals surface area contributed by atoms with E-state index in [0.29, 0.717) is 11.8 Å². The minimum absolute atomic E-state index is 0.0204. The first-order valence-electron chi connectivity index (χ1n) is 13.9. The maximum Gasteiger partial charge on any atom is 0.310 e. The SMILES string of the molecule is CC1(C)CC[C@@]2(C(=O)O)CC[C@]3(C)C(=CC[C@@H]4[C@@]5(C)CC[C@@H](O)[C@](C)(CO)[C@@H]5CC[C@]43C)[C@H]2C1. The summed E-state index contributed by atoms with van der Waals surface area (Å²) in [4.78, 5) is 12.8. The third-order valence-electron chi connectivity index (χ3n) is 13.2. The second kappa shape index (κ2) is 7.34. The maximum atomic E-state index is 12.8. The van der Waals surface area contributed by atoms with Gasteiger partial charge < -0.3 is 15.3 Å². The van der Waals surface area contributed by atoms with Gasteiger partial charge in [-0.05, 0) is 104 Å². The topological polar surface area (TPSA) is 77.8 Å². The second-order valence-corrected chi connectivity index (χ2v) is 14.9. The Morgan fingerprint density at radius 3 is 2.26 bits per heavy atom. The Morgan fingerprint density at radius 2 is 1.62 bits per heavy atom. The molecule has 0 radical (unpaired) electrons. The van der Waals surface area contributed by atoms with E-state index in [9.17, 15) is 20.1 Å². The van der Waals surface area contributed by atoms with E-state index in [1.54, 1.807) is 0 Å². The van der Waals surface area contributed by atoms with Crippen molar-refractivity contribution >= 4 is 5.97 Å². The number of aliphatic hydroxyl groups excluding tert-OH is 2. The number of aliphatic carboxylic acids is 1. The van der Waals surface area contributed by atoms with Gasteiger partial charge in [-0.15, -0.1) is 0 Å². The molecule has 5 aliphatic rings. The number of hydrogen-bond acceptors (Lipinski definition) is 3. The molecule has 5 rings (SSSR count). The van der Waals surface area contributed by atoms with Crippen molar-refractivity contribution in [3.63, 3.8) is 0 Å². The van der Waals surface area contributed by atoms with Gasteiger partial charge in [0.2, 0.25) is 0 Å². The van der Waals surface area contributed by atoms with Crippen molar-refractivity contribution in [3.8, 4) is 0 Å². The average molecular weight is 473 g/mol. The van der Waals surface area contributed by atoms with Gasteiger partial charge in [0.1, 0.15) is 0 Å². The van der Waals surface area contributed by atoms with Gasteiger partial charge in [-0.2, -0.15) is 0 Å². The van der Waals surface area contributed by atoms with Crippen molar-refractivity contribution in [1.82, 2.24) is 0 Å². The number of carboxylic acids is 1. The van der Waals surface area contributed by atoms with Crippen LogP contribution < -0.4 is 0 Å². The van der Waals surface area contributed by atoms with Crippen LogP contribution in [-0.4, -0.2) is 34.0 Å². The molecule has 34 heavy (non-hydrogen) atoms. The van der Waals surface area contributed by atoms with Crippen molar-refractivity contribution in [2.24, 2.45) is 50.2 Å². The highest BCUT2D eigenvalue weighted by atomic mass is 16.4. The van der Waals surface area contributed by atoms with E-state index >= 15 is 0 Å². The molecule has 0 heterocycles. The van der Waals surface area contributed by atoms with Crippen LogP contribution in [0.2, 0.25) is 0 Å². The van der Waals surface area contributed by atoms with E-state index in [2.05, 4.69) is 47.6 Å². The molecule has 4 heteroatoms. The van der Waals surface area contributed by atoms with Crippen LogP contribution in [0.5, 0.6) is 0 Å². The van der Waals surface area contributed by atoms with E-state index in [1.165, 1.54) is 5.57 Å². The largest absolute Gasteiger partial charge is 0.481 e. The van der Waals surface area contributed by atoms with Crippen molar-refractivity contribution in [2.45, 2.75) is 112 Å².